The van der Waals surface area contributed by atoms with Crippen LogP contribution in [0.4, 0.5) is 0 Å². The highest BCUT2D eigenvalue weighted by atomic mass is 28.4. The van der Waals surface area contributed by atoms with Crippen molar-refractivity contribution >= 4 is 22.1 Å². The molecule has 2 nitrogen and oxygen atoms in total. The van der Waals surface area contributed by atoms with E-state index in [1.807, 2.05) is 0 Å². The molecule has 0 amide bonds. The lowest BCUT2D eigenvalue weighted by Gasteiger charge is -2.48. The van der Waals surface area contributed by atoms with Crippen molar-refractivity contribution in [3.63, 3.8) is 0 Å². The molecule has 4 heteroatoms. The number of fused-ring (bicyclic) bond motifs is 1. The molecule has 1 heterocycles. The normalized spacial score (nSPS) is 19.9. The summed E-state index contributed by atoms with van der Waals surface area (Å²) in [5.74, 6) is 1.16. The molecule has 112 valence electrons. The maximum Gasteiger partial charge on any atom is 0.394 e. The third-order valence-electron chi connectivity index (χ3n) is 4.41. The van der Waals surface area contributed by atoms with Crippen molar-refractivity contribution < 1.29 is 8.54 Å². The topological polar surface area (TPSA) is 18.5 Å². The van der Waals surface area contributed by atoms with Crippen molar-refractivity contribution in [1.29, 1.82) is 0 Å². The van der Waals surface area contributed by atoms with E-state index in [1.54, 1.807) is 0 Å². The summed E-state index contributed by atoms with van der Waals surface area (Å²) >= 11 is 0. The molecule has 0 atom stereocenters. The van der Waals surface area contributed by atoms with E-state index >= 15 is 0 Å². The number of hydrogen-bond acceptors (Lipinski definition) is 2. The van der Waals surface area contributed by atoms with Gasteiger partial charge in [-0.25, -0.2) is 0 Å². The first-order valence-corrected chi connectivity index (χ1v) is 12.6. The Kier molecular flexibility index (Phi) is 4.20. The van der Waals surface area contributed by atoms with Crippen LogP contribution < -0.4 is 9.61 Å². The molecule has 1 aliphatic rings. The Bertz CT molecular complexity index is 487. The highest BCUT2D eigenvalue weighted by Crippen LogP contribution is 2.42. The first kappa shape index (κ1) is 15.8. The minimum Gasteiger partial charge on any atom is -0.520 e. The van der Waals surface area contributed by atoms with Crippen molar-refractivity contribution in [2.75, 3.05) is 0 Å². The van der Waals surface area contributed by atoms with Gasteiger partial charge in [-0.1, -0.05) is 52.8 Å². The van der Waals surface area contributed by atoms with Crippen LogP contribution >= 0.6 is 0 Å². The van der Waals surface area contributed by atoms with Gasteiger partial charge in [-0.05, 0) is 25.1 Å². The van der Waals surface area contributed by atoms with E-state index in [9.17, 15) is 0 Å². The molecule has 0 radical (unpaired) electrons. The number of aryl methyl sites for hydroxylation is 1. The molecule has 0 spiro atoms. The van der Waals surface area contributed by atoms with Crippen molar-refractivity contribution in [3.8, 4) is 5.75 Å². The van der Waals surface area contributed by atoms with Crippen molar-refractivity contribution in [3.05, 3.63) is 23.8 Å². The van der Waals surface area contributed by atoms with Crippen molar-refractivity contribution in [1.82, 2.24) is 0 Å². The van der Waals surface area contributed by atoms with E-state index in [-0.39, 0.29) is 0 Å². The maximum atomic E-state index is 6.77. The van der Waals surface area contributed by atoms with Gasteiger partial charge in [0, 0.05) is 16.3 Å². The Labute approximate surface area is 125 Å². The quantitative estimate of drug-likeness (QED) is 0.774. The van der Waals surface area contributed by atoms with Gasteiger partial charge >= 0.3 is 8.56 Å². The average molecular weight is 309 g/mol. The second kappa shape index (κ2) is 5.31. The second-order valence-electron chi connectivity index (χ2n) is 6.89. The zero-order chi connectivity index (χ0) is 15.1. The number of benzene rings is 1. The summed E-state index contributed by atoms with van der Waals surface area (Å²) in [4.78, 5) is 0. The molecular weight excluding hydrogens is 280 g/mol. The lowest BCUT2D eigenvalue weighted by molar-refractivity contribution is 0.337. The van der Waals surface area contributed by atoms with Gasteiger partial charge in [0.2, 0.25) is 8.32 Å². The van der Waals surface area contributed by atoms with Crippen LogP contribution in [0.25, 0.3) is 0 Å². The molecule has 0 N–H and O–H groups in total. The van der Waals surface area contributed by atoms with Gasteiger partial charge in [-0.2, -0.15) is 0 Å². The monoisotopic (exact) mass is 308 g/mol. The van der Waals surface area contributed by atoms with Crippen LogP contribution in [0.15, 0.2) is 18.2 Å². The summed E-state index contributed by atoms with van der Waals surface area (Å²) in [7, 11) is -4.09. The third-order valence-corrected chi connectivity index (χ3v) is 13.2. The van der Waals surface area contributed by atoms with Gasteiger partial charge in [-0.3, -0.25) is 0 Å². The molecule has 0 saturated heterocycles. The standard InChI is InChI=1S/C16H28O2Si2/c1-8-14-10-9-11-15-16(14)17-20(12(2)3,13(4)5)18-19(15,6)7/h9-13H,8H2,1-7H3. The zero-order valence-corrected chi connectivity index (χ0v) is 15.9. The number of para-hydroxylation sites is 1. The minimum atomic E-state index is -2.21. The van der Waals surface area contributed by atoms with Crippen molar-refractivity contribution in [2.45, 2.75) is 65.2 Å². The van der Waals surface area contributed by atoms with Gasteiger partial charge in [-0.15, -0.1) is 0 Å². The molecule has 0 unspecified atom stereocenters. The Morgan fingerprint density at radius 1 is 1.05 bits per heavy atom. The minimum absolute atomic E-state index is 0.465. The van der Waals surface area contributed by atoms with Gasteiger partial charge in [0.15, 0.2) is 0 Å². The summed E-state index contributed by atoms with van der Waals surface area (Å²) in [6.07, 6.45) is 1.02. The molecule has 1 aromatic rings. The Hall–Kier alpha value is -0.586. The Morgan fingerprint density at radius 2 is 1.65 bits per heavy atom. The zero-order valence-electron chi connectivity index (χ0n) is 13.9. The average Bonchev–Trinajstić information content (AvgIpc) is 2.36. The number of hydrogen-bond donors (Lipinski definition) is 0. The summed E-state index contributed by atoms with van der Waals surface area (Å²) in [5, 5.41) is 1.33. The van der Waals surface area contributed by atoms with Crippen LogP contribution in [-0.2, 0) is 10.5 Å². The summed E-state index contributed by atoms with van der Waals surface area (Å²) in [5.41, 5.74) is 2.27. The third kappa shape index (κ3) is 2.38. The molecular formula is C16H28O2Si2. The van der Waals surface area contributed by atoms with E-state index in [0.29, 0.717) is 11.1 Å². The van der Waals surface area contributed by atoms with Gasteiger partial charge in [0.25, 0.3) is 0 Å². The predicted octanol–water partition coefficient (Wildman–Crippen LogP) is 4.33. The molecule has 0 aromatic heterocycles. The summed E-state index contributed by atoms with van der Waals surface area (Å²) in [6, 6.07) is 6.56. The molecule has 20 heavy (non-hydrogen) atoms. The SMILES string of the molecule is CCc1cccc2c1O[Si](C(C)C)(C(C)C)O[Si]2(C)C. The molecule has 0 aliphatic carbocycles. The predicted molar refractivity (Wildman–Crippen MR) is 90.6 cm³/mol. The second-order valence-corrected chi connectivity index (χ2v) is 15.2. The van der Waals surface area contributed by atoms with Crippen molar-refractivity contribution in [2.24, 2.45) is 0 Å². The summed E-state index contributed by atoms with van der Waals surface area (Å²) < 4.78 is 13.4. The first-order valence-electron chi connectivity index (χ1n) is 7.76. The smallest absolute Gasteiger partial charge is 0.394 e. The molecule has 0 fully saturated rings. The maximum absolute atomic E-state index is 6.77. The van der Waals surface area contributed by atoms with Gasteiger partial charge < -0.3 is 8.54 Å². The van der Waals surface area contributed by atoms with Gasteiger partial charge in [0.1, 0.15) is 5.75 Å². The molecule has 1 aromatic carbocycles. The molecule has 1 aliphatic heterocycles. The first-order chi connectivity index (χ1) is 9.24. The van der Waals surface area contributed by atoms with Crippen LogP contribution in [0.5, 0.6) is 5.75 Å². The van der Waals surface area contributed by atoms with Crippen LogP contribution in [0.1, 0.15) is 40.2 Å². The van der Waals surface area contributed by atoms with Crippen LogP contribution in [0, 0.1) is 0 Å². The largest absolute Gasteiger partial charge is 0.520 e. The lowest BCUT2D eigenvalue weighted by atomic mass is 10.1. The number of rotatable bonds is 3. The van der Waals surface area contributed by atoms with E-state index in [0.717, 1.165) is 12.2 Å². The fourth-order valence-electron chi connectivity index (χ4n) is 3.23. The molecule has 0 bridgehead atoms. The Balaban J connectivity index is 2.63. The van der Waals surface area contributed by atoms with Crippen LogP contribution in [0.3, 0.4) is 0 Å². The Morgan fingerprint density at radius 3 is 2.15 bits per heavy atom. The highest BCUT2D eigenvalue weighted by Gasteiger charge is 2.55. The van der Waals surface area contributed by atoms with E-state index in [2.05, 4.69) is 65.9 Å². The fourth-order valence-corrected chi connectivity index (χ4v) is 12.6. The van der Waals surface area contributed by atoms with E-state index in [1.165, 1.54) is 10.8 Å². The van der Waals surface area contributed by atoms with E-state index < -0.39 is 16.9 Å². The van der Waals surface area contributed by atoms with Crippen LogP contribution in [-0.4, -0.2) is 16.9 Å². The van der Waals surface area contributed by atoms with E-state index in [4.69, 9.17) is 8.54 Å². The molecule has 2 rings (SSSR count). The van der Waals surface area contributed by atoms with Gasteiger partial charge in [0.05, 0.1) is 0 Å². The lowest BCUT2D eigenvalue weighted by Crippen LogP contribution is -2.66. The van der Waals surface area contributed by atoms with Crippen LogP contribution in [0.2, 0.25) is 24.2 Å². The molecule has 0 saturated carbocycles. The highest BCUT2D eigenvalue weighted by molar-refractivity contribution is 6.94. The fraction of sp³-hybridized carbons (Fsp3) is 0.625. The summed E-state index contributed by atoms with van der Waals surface area (Å²) in [6.45, 7) is 15.9.